The Labute approximate surface area is 126 Å². The quantitative estimate of drug-likeness (QED) is 0.798. The van der Waals surface area contributed by atoms with Gasteiger partial charge in [0.2, 0.25) is 0 Å². The summed E-state index contributed by atoms with van der Waals surface area (Å²) in [6.07, 6.45) is 2.12. The van der Waals surface area contributed by atoms with E-state index in [1.807, 2.05) is 18.2 Å². The van der Waals surface area contributed by atoms with Gasteiger partial charge < -0.3 is 9.29 Å². The van der Waals surface area contributed by atoms with Gasteiger partial charge in [-0.25, -0.2) is 4.99 Å². The van der Waals surface area contributed by atoms with E-state index in [1.54, 1.807) is 24.4 Å². The first kappa shape index (κ1) is 15.3. The number of hydrogen-bond donors (Lipinski definition) is 0. The molecule has 110 valence electrons. The van der Waals surface area contributed by atoms with Gasteiger partial charge in [0, 0.05) is 6.20 Å². The topological polar surface area (TPSA) is 74.6 Å². The Bertz CT molecular complexity index is 605. The Morgan fingerprint density at radius 3 is 2.38 bits per heavy atom. The van der Waals surface area contributed by atoms with Crippen LogP contribution in [0.1, 0.15) is 17.4 Å². The van der Waals surface area contributed by atoms with Gasteiger partial charge in [-0.05, 0) is 30.1 Å². The number of pyridine rings is 1. The van der Waals surface area contributed by atoms with E-state index in [9.17, 15) is 8.76 Å². The van der Waals surface area contributed by atoms with Crippen molar-refractivity contribution in [2.24, 2.45) is 4.99 Å². The molecule has 1 aliphatic heterocycles. The van der Waals surface area contributed by atoms with Gasteiger partial charge in [-0.15, -0.1) is 0 Å². The normalized spacial score (nSPS) is 21.0. The molecular weight excluding hydrogens is 288 g/mol. The number of aliphatic imine (C=N–C) groups is 1. The second-order valence-corrected chi connectivity index (χ2v) is 5.38. The van der Waals surface area contributed by atoms with Crippen LogP contribution in [0.2, 0.25) is 0 Å². The van der Waals surface area contributed by atoms with Crippen molar-refractivity contribution >= 4 is 17.5 Å². The Morgan fingerprint density at radius 2 is 1.86 bits per heavy atom. The lowest BCUT2D eigenvalue weighted by Gasteiger charge is -2.18. The molecule has 5 nitrogen and oxygen atoms in total. The number of nitrogens with zero attached hydrogens (tertiary/aromatic N) is 2. The van der Waals surface area contributed by atoms with E-state index in [2.05, 4.69) is 29.0 Å². The molecule has 3 unspecified atom stereocenters. The van der Waals surface area contributed by atoms with Crippen molar-refractivity contribution in [2.45, 2.75) is 18.4 Å². The smallest absolute Gasteiger partial charge is 0.175 e. The zero-order valence-corrected chi connectivity index (χ0v) is 12.3. The van der Waals surface area contributed by atoms with Crippen molar-refractivity contribution in [3.63, 3.8) is 0 Å². The van der Waals surface area contributed by atoms with Crippen molar-refractivity contribution in [2.75, 3.05) is 0 Å². The van der Waals surface area contributed by atoms with Crippen LogP contribution in [0.25, 0.3) is 0 Å². The highest BCUT2D eigenvalue weighted by Crippen LogP contribution is 2.26. The molecular formula is C15H15N2O3S-. The monoisotopic (exact) mass is 303 g/mol. The highest BCUT2D eigenvalue weighted by Gasteiger charge is 2.29. The van der Waals surface area contributed by atoms with Crippen molar-refractivity contribution in [3.05, 3.63) is 66.0 Å². The summed E-state index contributed by atoms with van der Waals surface area (Å²) in [7, 11) is 0. The van der Waals surface area contributed by atoms with Gasteiger partial charge in [0.15, 0.2) is 17.9 Å². The molecule has 0 N–H and O–H groups in total. The average molecular weight is 303 g/mol. The molecule has 21 heavy (non-hydrogen) atoms. The SMILES string of the molecule is Cc1ccccc1.O=S([O-])C1N=COC1c1ccccn1. The summed E-state index contributed by atoms with van der Waals surface area (Å²) in [5.74, 6) is 0. The molecule has 0 saturated heterocycles. The zero-order chi connectivity index (χ0) is 15.1. The van der Waals surface area contributed by atoms with Crippen molar-refractivity contribution in [1.82, 2.24) is 4.98 Å². The van der Waals surface area contributed by atoms with Crippen LogP contribution in [-0.2, 0) is 15.8 Å². The van der Waals surface area contributed by atoms with E-state index in [-0.39, 0.29) is 0 Å². The Kier molecular flexibility index (Phi) is 5.59. The second-order valence-electron chi connectivity index (χ2n) is 4.37. The summed E-state index contributed by atoms with van der Waals surface area (Å²) in [5, 5.41) is -0.884. The molecule has 0 aliphatic carbocycles. The van der Waals surface area contributed by atoms with Crippen LogP contribution in [0.3, 0.4) is 0 Å². The van der Waals surface area contributed by atoms with Gasteiger partial charge in [0.25, 0.3) is 0 Å². The number of benzene rings is 1. The lowest BCUT2D eigenvalue weighted by molar-refractivity contribution is 0.221. The number of ether oxygens (including phenoxy) is 1. The van der Waals surface area contributed by atoms with E-state index < -0.39 is 22.6 Å². The minimum atomic E-state index is -2.28. The fourth-order valence-electron chi connectivity index (χ4n) is 1.75. The molecule has 1 aromatic carbocycles. The van der Waals surface area contributed by atoms with Crippen molar-refractivity contribution < 1.29 is 13.5 Å². The van der Waals surface area contributed by atoms with E-state index in [4.69, 9.17) is 4.74 Å². The number of hydrogen-bond acceptors (Lipinski definition) is 5. The number of aromatic nitrogens is 1. The first-order valence-electron chi connectivity index (χ1n) is 6.36. The Balaban J connectivity index is 0.000000194. The minimum Gasteiger partial charge on any atom is -0.771 e. The van der Waals surface area contributed by atoms with Gasteiger partial charge in [-0.2, -0.15) is 0 Å². The first-order chi connectivity index (χ1) is 10.2. The highest BCUT2D eigenvalue weighted by atomic mass is 32.2. The van der Waals surface area contributed by atoms with Crippen LogP contribution in [-0.4, -0.2) is 25.5 Å². The summed E-state index contributed by atoms with van der Waals surface area (Å²) >= 11 is -2.28. The largest absolute Gasteiger partial charge is 0.771 e. The van der Waals surface area contributed by atoms with Crippen LogP contribution < -0.4 is 0 Å². The molecule has 2 heterocycles. The fourth-order valence-corrected chi connectivity index (χ4v) is 2.31. The molecule has 1 aromatic heterocycles. The minimum absolute atomic E-state index is 0.569. The molecule has 0 saturated carbocycles. The van der Waals surface area contributed by atoms with Crippen LogP contribution in [0, 0.1) is 6.92 Å². The first-order valence-corrected chi connectivity index (χ1v) is 7.50. The third-order valence-corrected chi connectivity index (χ3v) is 3.55. The van der Waals surface area contributed by atoms with E-state index in [0.29, 0.717) is 5.69 Å². The lowest BCUT2D eigenvalue weighted by atomic mass is 10.2. The van der Waals surface area contributed by atoms with Crippen LogP contribution in [0.5, 0.6) is 0 Å². The molecule has 0 bridgehead atoms. The van der Waals surface area contributed by atoms with Crippen LogP contribution >= 0.6 is 0 Å². The maximum Gasteiger partial charge on any atom is 0.175 e. The van der Waals surface area contributed by atoms with Gasteiger partial charge in [0.05, 0.1) is 5.69 Å². The number of aryl methyl sites for hydroxylation is 1. The standard InChI is InChI=1S/C8H8N2O3S.C7H8/c11-14(12)8-7(13-5-10-8)6-3-1-2-4-9-6;1-7-5-3-2-4-6-7/h1-5,7-8H,(H,11,12);2-6H,1H3/p-1. The van der Waals surface area contributed by atoms with Gasteiger partial charge >= 0.3 is 0 Å². The summed E-state index contributed by atoms with van der Waals surface area (Å²) < 4.78 is 26.6. The van der Waals surface area contributed by atoms with E-state index in [1.165, 1.54) is 5.56 Å². The molecule has 0 fully saturated rings. The van der Waals surface area contributed by atoms with Gasteiger partial charge in [-0.3, -0.25) is 9.19 Å². The van der Waals surface area contributed by atoms with Gasteiger partial charge in [-0.1, -0.05) is 42.0 Å². The molecule has 6 heteroatoms. The maximum atomic E-state index is 10.8. The Hall–Kier alpha value is -2.05. The molecule has 3 rings (SSSR count). The van der Waals surface area contributed by atoms with Crippen LogP contribution in [0.4, 0.5) is 0 Å². The summed E-state index contributed by atoms with van der Waals surface area (Å²) in [6.45, 7) is 2.08. The van der Waals surface area contributed by atoms with Gasteiger partial charge in [0.1, 0.15) is 0 Å². The Morgan fingerprint density at radius 1 is 1.14 bits per heavy atom. The third-order valence-electron chi connectivity index (χ3n) is 2.79. The number of rotatable bonds is 2. The summed E-state index contributed by atoms with van der Waals surface area (Å²) in [4.78, 5) is 7.71. The zero-order valence-electron chi connectivity index (χ0n) is 11.5. The average Bonchev–Trinajstić information content (AvgIpc) is 2.99. The third kappa shape index (κ3) is 4.47. The van der Waals surface area contributed by atoms with E-state index in [0.717, 1.165) is 6.40 Å². The summed E-state index contributed by atoms with van der Waals surface area (Å²) in [6, 6.07) is 15.5. The van der Waals surface area contributed by atoms with Crippen molar-refractivity contribution in [3.8, 4) is 0 Å². The van der Waals surface area contributed by atoms with Crippen molar-refractivity contribution in [1.29, 1.82) is 0 Å². The predicted octanol–water partition coefficient (Wildman–Crippen LogP) is 2.38. The fraction of sp³-hybridized carbons (Fsp3) is 0.200. The molecule has 0 amide bonds. The predicted molar refractivity (Wildman–Crippen MR) is 80.4 cm³/mol. The van der Waals surface area contributed by atoms with Crippen LogP contribution in [0.15, 0.2) is 59.7 Å². The summed E-state index contributed by atoms with van der Waals surface area (Å²) in [5.41, 5.74) is 1.89. The molecule has 3 atom stereocenters. The molecule has 1 aliphatic rings. The lowest BCUT2D eigenvalue weighted by Crippen LogP contribution is -2.19. The second kappa shape index (κ2) is 7.66. The molecule has 0 spiro atoms. The highest BCUT2D eigenvalue weighted by molar-refractivity contribution is 7.79. The molecule has 2 aromatic rings. The maximum absolute atomic E-state index is 10.8. The molecule has 0 radical (unpaired) electrons. The van der Waals surface area contributed by atoms with E-state index >= 15 is 0 Å².